The van der Waals surface area contributed by atoms with Gasteiger partial charge in [0.1, 0.15) is 5.75 Å². The van der Waals surface area contributed by atoms with E-state index < -0.39 is 11.9 Å². The highest BCUT2D eigenvalue weighted by Gasteiger charge is 2.22. The Labute approximate surface area is 151 Å². The molecular formula is C19H22N2O5. The Morgan fingerprint density at radius 1 is 1.23 bits per heavy atom. The molecule has 0 radical (unpaired) electrons. The topological polar surface area (TPSA) is 115 Å². The molecule has 3 rings (SSSR count). The first-order chi connectivity index (χ1) is 12.3. The van der Waals surface area contributed by atoms with Crippen molar-refractivity contribution in [3.63, 3.8) is 0 Å². The number of rotatable bonds is 5. The highest BCUT2D eigenvalue weighted by molar-refractivity contribution is 5.89. The zero-order valence-electron chi connectivity index (χ0n) is 14.7. The largest absolute Gasteiger partial charge is 0.497 e. The molecule has 0 fully saturated rings. The molecular weight excluding hydrogens is 336 g/mol. The van der Waals surface area contributed by atoms with E-state index in [9.17, 15) is 9.59 Å². The molecule has 0 aliphatic heterocycles. The van der Waals surface area contributed by atoms with Crippen LogP contribution in [0.2, 0.25) is 0 Å². The Balaban J connectivity index is 0.000000260. The van der Waals surface area contributed by atoms with Crippen LogP contribution < -0.4 is 10.5 Å². The molecule has 138 valence electrons. The van der Waals surface area contributed by atoms with Crippen LogP contribution >= 0.6 is 0 Å². The monoisotopic (exact) mass is 358 g/mol. The SMILES string of the molecule is COc1ccc2c(c1)Cc1ccn(CC(C)N)c1-2.O=C(O)C=CC(=O)O. The summed E-state index contributed by atoms with van der Waals surface area (Å²) in [5.74, 6) is -1.59. The van der Waals surface area contributed by atoms with Gasteiger partial charge < -0.3 is 25.3 Å². The van der Waals surface area contributed by atoms with E-state index in [0.29, 0.717) is 12.2 Å². The zero-order valence-corrected chi connectivity index (χ0v) is 14.7. The molecule has 1 aromatic heterocycles. The van der Waals surface area contributed by atoms with E-state index in [4.69, 9.17) is 20.7 Å². The minimum Gasteiger partial charge on any atom is -0.497 e. The molecule has 0 spiro atoms. The van der Waals surface area contributed by atoms with E-state index in [1.54, 1.807) is 7.11 Å². The Kier molecular flexibility index (Phi) is 6.19. The van der Waals surface area contributed by atoms with Crippen LogP contribution in [0.15, 0.2) is 42.6 Å². The van der Waals surface area contributed by atoms with Gasteiger partial charge in [0, 0.05) is 42.9 Å². The van der Waals surface area contributed by atoms with E-state index in [0.717, 1.165) is 18.7 Å². The van der Waals surface area contributed by atoms with Crippen molar-refractivity contribution >= 4 is 11.9 Å². The molecule has 4 N–H and O–H groups in total. The van der Waals surface area contributed by atoms with Crippen LogP contribution in [0.3, 0.4) is 0 Å². The van der Waals surface area contributed by atoms with Gasteiger partial charge in [-0.25, -0.2) is 9.59 Å². The Morgan fingerprint density at radius 3 is 2.42 bits per heavy atom. The van der Waals surface area contributed by atoms with Gasteiger partial charge in [-0.05, 0) is 42.3 Å². The van der Waals surface area contributed by atoms with Gasteiger partial charge in [0.05, 0.1) is 12.8 Å². The molecule has 2 aromatic rings. The molecule has 0 bridgehead atoms. The molecule has 1 unspecified atom stereocenters. The number of hydrogen-bond acceptors (Lipinski definition) is 4. The van der Waals surface area contributed by atoms with Gasteiger partial charge in [-0.1, -0.05) is 0 Å². The van der Waals surface area contributed by atoms with Gasteiger partial charge in [-0.2, -0.15) is 0 Å². The number of fused-ring (bicyclic) bond motifs is 3. The lowest BCUT2D eigenvalue weighted by atomic mass is 10.1. The Bertz CT molecular complexity index is 820. The summed E-state index contributed by atoms with van der Waals surface area (Å²) in [5.41, 5.74) is 11.3. The van der Waals surface area contributed by atoms with E-state index in [1.807, 2.05) is 13.0 Å². The van der Waals surface area contributed by atoms with Crippen molar-refractivity contribution in [3.8, 4) is 17.0 Å². The van der Waals surface area contributed by atoms with Crippen LogP contribution in [0, 0.1) is 0 Å². The maximum Gasteiger partial charge on any atom is 0.328 e. The quantitative estimate of drug-likeness (QED) is 0.602. The average Bonchev–Trinajstić information content (AvgIpc) is 3.12. The molecule has 1 heterocycles. The molecule has 7 nitrogen and oxygen atoms in total. The number of hydrogen-bond donors (Lipinski definition) is 3. The summed E-state index contributed by atoms with van der Waals surface area (Å²) in [6.45, 7) is 2.90. The zero-order chi connectivity index (χ0) is 19.3. The van der Waals surface area contributed by atoms with E-state index in [-0.39, 0.29) is 6.04 Å². The highest BCUT2D eigenvalue weighted by Crippen LogP contribution is 2.39. The van der Waals surface area contributed by atoms with Crippen molar-refractivity contribution in [2.45, 2.75) is 25.9 Å². The van der Waals surface area contributed by atoms with Gasteiger partial charge in [0.2, 0.25) is 0 Å². The lowest BCUT2D eigenvalue weighted by Gasteiger charge is -2.12. The lowest BCUT2D eigenvalue weighted by molar-refractivity contribution is -0.134. The Morgan fingerprint density at radius 2 is 1.88 bits per heavy atom. The Hall–Kier alpha value is -3.06. The standard InChI is InChI=1S/C15H18N2O.C4H4O4/c1-10(16)9-17-6-5-11-7-12-8-13(18-2)3-4-14(12)15(11)17;5-3(6)1-2-4(7)8/h3-6,8,10H,7,9,16H2,1-2H3;1-2H,(H,5,6)(H,7,8). The maximum atomic E-state index is 9.55. The second-order valence-corrected chi connectivity index (χ2v) is 6.03. The van der Waals surface area contributed by atoms with Crippen LogP contribution in [0.1, 0.15) is 18.1 Å². The molecule has 0 saturated heterocycles. The number of ether oxygens (including phenoxy) is 1. The van der Waals surface area contributed by atoms with E-state index in [2.05, 4.69) is 29.0 Å². The predicted molar refractivity (Wildman–Crippen MR) is 97.3 cm³/mol. The third-order valence-corrected chi connectivity index (χ3v) is 3.85. The molecule has 26 heavy (non-hydrogen) atoms. The fourth-order valence-electron chi connectivity index (χ4n) is 2.87. The highest BCUT2D eigenvalue weighted by atomic mass is 16.5. The average molecular weight is 358 g/mol. The maximum absolute atomic E-state index is 9.55. The van der Waals surface area contributed by atoms with E-state index >= 15 is 0 Å². The van der Waals surface area contributed by atoms with Gasteiger partial charge >= 0.3 is 11.9 Å². The smallest absolute Gasteiger partial charge is 0.328 e. The molecule has 1 aliphatic rings. The molecule has 0 saturated carbocycles. The van der Waals surface area contributed by atoms with E-state index in [1.165, 1.54) is 22.4 Å². The third kappa shape index (κ3) is 4.73. The number of carboxylic acid groups (broad SMARTS) is 2. The van der Waals surface area contributed by atoms with Gasteiger partial charge in [-0.3, -0.25) is 0 Å². The van der Waals surface area contributed by atoms with Gasteiger partial charge in [0.25, 0.3) is 0 Å². The fourth-order valence-corrected chi connectivity index (χ4v) is 2.87. The number of nitrogens with zero attached hydrogens (tertiary/aromatic N) is 1. The summed E-state index contributed by atoms with van der Waals surface area (Å²) in [6, 6.07) is 8.67. The summed E-state index contributed by atoms with van der Waals surface area (Å²) in [7, 11) is 1.71. The summed E-state index contributed by atoms with van der Waals surface area (Å²) < 4.78 is 7.55. The number of carboxylic acids is 2. The molecule has 0 amide bonds. The van der Waals surface area contributed by atoms with Crippen LogP contribution in [-0.4, -0.2) is 39.9 Å². The molecule has 7 heteroatoms. The van der Waals surface area contributed by atoms with Crippen LogP contribution in [0.5, 0.6) is 5.75 Å². The number of carbonyl (C=O) groups is 2. The third-order valence-electron chi connectivity index (χ3n) is 3.85. The second-order valence-electron chi connectivity index (χ2n) is 6.03. The van der Waals surface area contributed by atoms with Gasteiger partial charge in [-0.15, -0.1) is 0 Å². The summed E-state index contributed by atoms with van der Waals surface area (Å²) in [6.07, 6.45) is 4.25. The minimum absolute atomic E-state index is 0.170. The van der Waals surface area contributed by atoms with Crippen LogP contribution in [-0.2, 0) is 22.6 Å². The van der Waals surface area contributed by atoms with Crippen molar-refractivity contribution < 1.29 is 24.5 Å². The second kappa shape index (κ2) is 8.35. The first-order valence-corrected chi connectivity index (χ1v) is 8.06. The number of aromatic nitrogens is 1. The lowest BCUT2D eigenvalue weighted by Crippen LogP contribution is -2.22. The first-order valence-electron chi connectivity index (χ1n) is 8.06. The molecule has 1 atom stereocenters. The van der Waals surface area contributed by atoms with Gasteiger partial charge in [0.15, 0.2) is 0 Å². The summed E-state index contributed by atoms with van der Waals surface area (Å²) >= 11 is 0. The fraction of sp³-hybridized carbons (Fsp3) is 0.263. The van der Waals surface area contributed by atoms with Crippen molar-refractivity contribution in [2.75, 3.05) is 7.11 Å². The summed E-state index contributed by atoms with van der Waals surface area (Å²) in [4.78, 5) is 19.1. The first kappa shape index (κ1) is 19.3. The van der Waals surface area contributed by atoms with Crippen molar-refractivity contribution in [1.82, 2.24) is 4.57 Å². The van der Waals surface area contributed by atoms with Crippen LogP contribution in [0.4, 0.5) is 0 Å². The normalized spacial score (nSPS) is 12.7. The number of methoxy groups -OCH3 is 1. The number of benzene rings is 1. The van der Waals surface area contributed by atoms with Crippen molar-refractivity contribution in [1.29, 1.82) is 0 Å². The summed E-state index contributed by atoms with van der Waals surface area (Å²) in [5, 5.41) is 15.6. The number of nitrogens with two attached hydrogens (primary N) is 1. The molecule has 1 aromatic carbocycles. The number of aliphatic carboxylic acids is 2. The minimum atomic E-state index is -1.26. The van der Waals surface area contributed by atoms with Crippen molar-refractivity contribution in [3.05, 3.63) is 53.7 Å². The van der Waals surface area contributed by atoms with Crippen molar-refractivity contribution in [2.24, 2.45) is 5.73 Å². The predicted octanol–water partition coefficient (Wildman–Crippen LogP) is 2.13. The molecule has 1 aliphatic carbocycles. The van der Waals surface area contributed by atoms with Crippen LogP contribution in [0.25, 0.3) is 11.3 Å².